The maximum Gasteiger partial charge on any atom is 0.291 e. The highest BCUT2D eigenvalue weighted by atomic mass is 127. The molecular weight excluding hydrogens is 407 g/mol. The standard InChI is InChI=1S/C13H11IN2O4S/c14-8-10-6-7-13(16(17)18)12(15-10)9-21(19,20)11-4-2-1-3-5-11/h1-7H,8-9H2. The lowest BCUT2D eigenvalue weighted by atomic mass is 10.3. The van der Waals surface area contributed by atoms with Gasteiger partial charge in [0, 0.05) is 10.5 Å². The van der Waals surface area contributed by atoms with E-state index in [0.29, 0.717) is 10.1 Å². The van der Waals surface area contributed by atoms with Gasteiger partial charge in [0.05, 0.1) is 15.5 Å². The second kappa shape index (κ2) is 6.48. The molecule has 6 nitrogen and oxygen atoms in total. The maximum absolute atomic E-state index is 12.3. The Balaban J connectivity index is 2.45. The average Bonchev–Trinajstić information content (AvgIpc) is 2.47. The monoisotopic (exact) mass is 418 g/mol. The van der Waals surface area contributed by atoms with E-state index in [0.717, 1.165) is 0 Å². The van der Waals surface area contributed by atoms with Crippen molar-refractivity contribution in [2.75, 3.05) is 0 Å². The summed E-state index contributed by atoms with van der Waals surface area (Å²) in [4.78, 5) is 14.6. The quantitative estimate of drug-likeness (QED) is 0.322. The highest BCUT2D eigenvalue weighted by molar-refractivity contribution is 14.1. The minimum atomic E-state index is -3.66. The second-order valence-corrected chi connectivity index (χ2v) is 6.98. The average molecular weight is 418 g/mol. The molecule has 0 aliphatic carbocycles. The number of rotatable bonds is 5. The minimum Gasteiger partial charge on any atom is -0.258 e. The summed E-state index contributed by atoms with van der Waals surface area (Å²) in [5.74, 6) is -0.488. The third kappa shape index (κ3) is 3.76. The number of benzene rings is 1. The molecule has 0 atom stereocenters. The van der Waals surface area contributed by atoms with Crippen LogP contribution in [-0.4, -0.2) is 18.3 Å². The number of pyridine rings is 1. The highest BCUT2D eigenvalue weighted by Gasteiger charge is 2.23. The Morgan fingerprint density at radius 1 is 1.14 bits per heavy atom. The Labute approximate surface area is 135 Å². The van der Waals surface area contributed by atoms with Crippen molar-refractivity contribution >= 4 is 38.1 Å². The summed E-state index contributed by atoms with van der Waals surface area (Å²) < 4.78 is 25.2. The Hall–Kier alpha value is -1.55. The van der Waals surface area contributed by atoms with Crippen molar-refractivity contribution in [1.82, 2.24) is 4.98 Å². The summed E-state index contributed by atoms with van der Waals surface area (Å²) in [6, 6.07) is 10.7. The summed E-state index contributed by atoms with van der Waals surface area (Å²) in [5, 5.41) is 11.0. The molecule has 21 heavy (non-hydrogen) atoms. The van der Waals surface area contributed by atoms with Gasteiger partial charge in [-0.25, -0.2) is 13.4 Å². The minimum absolute atomic E-state index is 0.0296. The van der Waals surface area contributed by atoms with Crippen LogP contribution in [0.2, 0.25) is 0 Å². The summed E-state index contributed by atoms with van der Waals surface area (Å²) in [7, 11) is -3.66. The molecular formula is C13H11IN2O4S. The van der Waals surface area contributed by atoms with Crippen molar-refractivity contribution in [3.8, 4) is 0 Å². The molecule has 0 radical (unpaired) electrons. The van der Waals surface area contributed by atoms with E-state index < -0.39 is 20.5 Å². The van der Waals surface area contributed by atoms with Gasteiger partial charge >= 0.3 is 0 Å². The van der Waals surface area contributed by atoms with Crippen LogP contribution in [0.3, 0.4) is 0 Å². The van der Waals surface area contributed by atoms with Crippen LogP contribution in [0.25, 0.3) is 0 Å². The zero-order valence-corrected chi connectivity index (χ0v) is 13.7. The number of nitrogens with zero attached hydrogens (tertiary/aromatic N) is 2. The van der Waals surface area contributed by atoms with Gasteiger partial charge in [0.15, 0.2) is 9.84 Å². The first-order valence-electron chi connectivity index (χ1n) is 5.91. The first-order chi connectivity index (χ1) is 9.94. The molecule has 1 aromatic carbocycles. The van der Waals surface area contributed by atoms with Crippen LogP contribution in [0.1, 0.15) is 11.4 Å². The molecule has 8 heteroatoms. The van der Waals surface area contributed by atoms with Crippen LogP contribution >= 0.6 is 22.6 Å². The SMILES string of the molecule is O=[N+]([O-])c1ccc(CI)nc1CS(=O)(=O)c1ccccc1. The normalized spacial score (nSPS) is 11.3. The molecule has 0 N–H and O–H groups in total. The van der Waals surface area contributed by atoms with Crippen LogP contribution in [0.5, 0.6) is 0 Å². The summed E-state index contributed by atoms with van der Waals surface area (Å²) >= 11 is 2.07. The third-order valence-electron chi connectivity index (χ3n) is 2.77. The van der Waals surface area contributed by atoms with E-state index in [4.69, 9.17) is 0 Å². The number of hydrogen-bond acceptors (Lipinski definition) is 5. The van der Waals surface area contributed by atoms with E-state index in [9.17, 15) is 18.5 Å². The van der Waals surface area contributed by atoms with Crippen LogP contribution in [-0.2, 0) is 20.0 Å². The zero-order chi connectivity index (χ0) is 15.5. The van der Waals surface area contributed by atoms with Crippen LogP contribution in [0.4, 0.5) is 5.69 Å². The van der Waals surface area contributed by atoms with E-state index in [1.165, 1.54) is 24.3 Å². The Kier molecular flexibility index (Phi) is 4.88. The lowest BCUT2D eigenvalue weighted by molar-refractivity contribution is -0.385. The molecule has 0 bridgehead atoms. The zero-order valence-electron chi connectivity index (χ0n) is 10.8. The number of hydrogen-bond donors (Lipinski definition) is 0. The Morgan fingerprint density at radius 3 is 2.38 bits per heavy atom. The van der Waals surface area contributed by atoms with Crippen molar-refractivity contribution in [3.05, 3.63) is 64.0 Å². The second-order valence-electron chi connectivity index (χ2n) is 4.23. The predicted molar refractivity (Wildman–Crippen MR) is 85.9 cm³/mol. The summed E-state index contributed by atoms with van der Waals surface area (Å²) in [6.07, 6.45) is 0. The molecule has 2 aromatic rings. The van der Waals surface area contributed by atoms with Gasteiger partial charge in [-0.3, -0.25) is 10.1 Å². The van der Waals surface area contributed by atoms with Crippen molar-refractivity contribution in [2.24, 2.45) is 0 Å². The molecule has 1 heterocycles. The summed E-state index contributed by atoms with van der Waals surface area (Å²) in [5.41, 5.74) is 0.306. The van der Waals surface area contributed by atoms with E-state index in [2.05, 4.69) is 27.6 Å². The number of halogens is 1. The molecule has 1 aromatic heterocycles. The van der Waals surface area contributed by atoms with E-state index in [1.807, 2.05) is 0 Å². The summed E-state index contributed by atoms with van der Waals surface area (Å²) in [6.45, 7) is 0. The molecule has 0 fully saturated rings. The highest BCUT2D eigenvalue weighted by Crippen LogP contribution is 2.23. The van der Waals surface area contributed by atoms with Crippen LogP contribution in [0, 0.1) is 10.1 Å². The van der Waals surface area contributed by atoms with Crippen molar-refractivity contribution in [3.63, 3.8) is 0 Å². The van der Waals surface area contributed by atoms with Crippen LogP contribution in [0.15, 0.2) is 47.4 Å². The molecule has 0 saturated heterocycles. The van der Waals surface area contributed by atoms with Gasteiger partial charge in [0.25, 0.3) is 5.69 Å². The molecule has 110 valence electrons. The topological polar surface area (TPSA) is 90.2 Å². The molecule has 0 saturated carbocycles. The molecule has 0 amide bonds. The fourth-order valence-electron chi connectivity index (χ4n) is 1.78. The number of nitro groups is 1. The van der Waals surface area contributed by atoms with Gasteiger partial charge in [-0.2, -0.15) is 0 Å². The number of sulfone groups is 1. The fraction of sp³-hybridized carbons (Fsp3) is 0.154. The molecule has 0 spiro atoms. The van der Waals surface area contributed by atoms with Gasteiger partial charge in [-0.1, -0.05) is 40.8 Å². The first-order valence-corrected chi connectivity index (χ1v) is 9.09. The van der Waals surface area contributed by atoms with E-state index in [1.54, 1.807) is 18.2 Å². The van der Waals surface area contributed by atoms with Gasteiger partial charge in [-0.15, -0.1) is 0 Å². The molecule has 0 unspecified atom stereocenters. The van der Waals surface area contributed by atoms with E-state index in [-0.39, 0.29) is 16.3 Å². The molecule has 2 rings (SSSR count). The van der Waals surface area contributed by atoms with Crippen LogP contribution < -0.4 is 0 Å². The molecule has 0 aliphatic rings. The predicted octanol–water partition coefficient (Wildman–Crippen LogP) is 2.90. The Morgan fingerprint density at radius 2 is 1.81 bits per heavy atom. The van der Waals surface area contributed by atoms with E-state index >= 15 is 0 Å². The lowest BCUT2D eigenvalue weighted by Crippen LogP contribution is -2.09. The van der Waals surface area contributed by atoms with Crippen molar-refractivity contribution in [1.29, 1.82) is 0 Å². The molecule has 0 aliphatic heterocycles. The Bertz CT molecular complexity index is 763. The van der Waals surface area contributed by atoms with Gasteiger partial charge in [0.2, 0.25) is 0 Å². The largest absolute Gasteiger partial charge is 0.291 e. The fourth-order valence-corrected chi connectivity index (χ4v) is 3.51. The number of alkyl halides is 1. The van der Waals surface area contributed by atoms with Gasteiger partial charge in [-0.05, 0) is 18.2 Å². The van der Waals surface area contributed by atoms with Crippen molar-refractivity contribution in [2.45, 2.75) is 15.1 Å². The van der Waals surface area contributed by atoms with Gasteiger partial charge in [0.1, 0.15) is 11.4 Å². The number of aromatic nitrogens is 1. The smallest absolute Gasteiger partial charge is 0.258 e. The first kappa shape index (κ1) is 15.8. The maximum atomic E-state index is 12.3. The lowest BCUT2D eigenvalue weighted by Gasteiger charge is -2.06. The third-order valence-corrected chi connectivity index (χ3v) is 5.20. The van der Waals surface area contributed by atoms with Crippen molar-refractivity contribution < 1.29 is 13.3 Å². The van der Waals surface area contributed by atoms with Gasteiger partial charge < -0.3 is 0 Å².